The van der Waals surface area contributed by atoms with E-state index in [9.17, 15) is 0 Å². The fraction of sp³-hybridized carbons (Fsp3) is 0.854. The van der Waals surface area contributed by atoms with Crippen LogP contribution in [-0.4, -0.2) is 19.8 Å². The highest BCUT2D eigenvalue weighted by molar-refractivity contribution is 5.20. The van der Waals surface area contributed by atoms with E-state index in [2.05, 4.69) is 96.9 Å². The maximum Gasteiger partial charge on any atom is 0.119 e. The van der Waals surface area contributed by atoms with Gasteiger partial charge in [0.2, 0.25) is 0 Å². The summed E-state index contributed by atoms with van der Waals surface area (Å²) in [4.78, 5) is 0. The molecule has 0 bridgehead atoms. The van der Waals surface area contributed by atoms with Crippen molar-refractivity contribution in [1.29, 1.82) is 0 Å². The molecule has 0 radical (unpaired) electrons. The average Bonchev–Trinajstić information content (AvgIpc) is 3.07. The summed E-state index contributed by atoms with van der Waals surface area (Å²) in [5.74, 6) is 1.61. The first kappa shape index (κ1) is 48.9. The third kappa shape index (κ3) is 22.2. The number of ether oxygens (including phenoxy) is 2. The smallest absolute Gasteiger partial charge is 0.119 e. The topological polar surface area (TPSA) is 18.5 Å². The Morgan fingerprint density at radius 2 is 0.837 bits per heavy atom. The van der Waals surface area contributed by atoms with E-state index in [0.717, 1.165) is 25.6 Å². The van der Waals surface area contributed by atoms with Crippen LogP contribution in [0.4, 0.5) is 0 Å². The van der Waals surface area contributed by atoms with E-state index >= 15 is 0 Å². The molecule has 1 aromatic rings. The lowest BCUT2D eigenvalue weighted by atomic mass is 9.78. The van der Waals surface area contributed by atoms with Crippen molar-refractivity contribution in [2.45, 2.75) is 188 Å². The maximum atomic E-state index is 6.11. The second-order valence-electron chi connectivity index (χ2n) is 12.7. The molecule has 1 atom stereocenters. The van der Waals surface area contributed by atoms with Gasteiger partial charge >= 0.3 is 0 Å². The third-order valence-electron chi connectivity index (χ3n) is 10.8. The van der Waals surface area contributed by atoms with Crippen molar-refractivity contribution in [3.63, 3.8) is 0 Å². The zero-order chi connectivity index (χ0) is 32.9. The number of hydrogen-bond donors (Lipinski definition) is 0. The van der Waals surface area contributed by atoms with Gasteiger partial charge in [-0.3, -0.25) is 0 Å². The quantitative estimate of drug-likeness (QED) is 0.155. The molecule has 0 amide bonds. The van der Waals surface area contributed by atoms with Crippen molar-refractivity contribution in [3.05, 3.63) is 30.3 Å². The lowest BCUT2D eigenvalue weighted by Gasteiger charge is -2.34. The highest BCUT2D eigenvalue weighted by Gasteiger charge is 2.28. The minimum atomic E-state index is 0. The van der Waals surface area contributed by atoms with Gasteiger partial charge in [0.05, 0.1) is 19.8 Å². The molecule has 1 unspecified atom stereocenters. The molecule has 0 spiro atoms. The van der Waals surface area contributed by atoms with Gasteiger partial charge in [-0.1, -0.05) is 168 Å². The molecule has 0 aliphatic carbocycles. The van der Waals surface area contributed by atoms with Crippen LogP contribution in [0.2, 0.25) is 0 Å². The first-order chi connectivity index (χ1) is 20.1. The third-order valence-corrected chi connectivity index (χ3v) is 10.8. The number of rotatable bonds is 19. The van der Waals surface area contributed by atoms with Gasteiger partial charge in [-0.25, -0.2) is 0 Å². The van der Waals surface area contributed by atoms with Crippen molar-refractivity contribution in [3.8, 4) is 5.75 Å². The molecule has 0 fully saturated rings. The molecule has 1 rings (SSSR count). The molecule has 1 aromatic carbocycles. The molecule has 43 heavy (non-hydrogen) atoms. The Hall–Kier alpha value is -1.02. The summed E-state index contributed by atoms with van der Waals surface area (Å²) in [5, 5.41) is 0. The fourth-order valence-corrected chi connectivity index (χ4v) is 4.97. The molecular weight excluding hydrogens is 524 g/mol. The van der Waals surface area contributed by atoms with Crippen LogP contribution in [0, 0.1) is 22.2 Å². The van der Waals surface area contributed by atoms with Crippen molar-refractivity contribution in [2.75, 3.05) is 19.8 Å². The number of unbranched alkanes of at least 4 members (excludes halogenated alkanes) is 1. The van der Waals surface area contributed by atoms with Crippen LogP contribution in [0.1, 0.15) is 188 Å². The van der Waals surface area contributed by atoms with Gasteiger partial charge in [0.15, 0.2) is 0 Å². The van der Waals surface area contributed by atoms with Crippen LogP contribution in [0.5, 0.6) is 5.75 Å². The number of para-hydroxylation sites is 1. The Bertz CT molecular complexity index is 585. The highest BCUT2D eigenvalue weighted by Crippen LogP contribution is 2.35. The van der Waals surface area contributed by atoms with Crippen LogP contribution in [0.15, 0.2) is 30.3 Å². The molecule has 0 N–H and O–H groups in total. The van der Waals surface area contributed by atoms with Crippen LogP contribution in [0.25, 0.3) is 0 Å². The predicted octanol–water partition coefficient (Wildman–Crippen LogP) is 14.6. The average molecular weight is 609 g/mol. The summed E-state index contributed by atoms with van der Waals surface area (Å²) in [6.45, 7) is 34.4. The minimum absolute atomic E-state index is 0. The first-order valence-electron chi connectivity index (χ1n) is 18.3. The van der Waals surface area contributed by atoms with E-state index in [1.54, 1.807) is 0 Å². The molecule has 0 aliphatic heterocycles. The minimum Gasteiger partial charge on any atom is -0.493 e. The largest absolute Gasteiger partial charge is 0.493 e. The van der Waals surface area contributed by atoms with Gasteiger partial charge in [0.25, 0.3) is 0 Å². The summed E-state index contributed by atoms with van der Waals surface area (Å²) in [6, 6.07) is 9.96. The molecular formula is C41H84O2. The molecule has 0 aliphatic rings. The molecule has 2 heteroatoms. The van der Waals surface area contributed by atoms with Gasteiger partial charge in [0.1, 0.15) is 5.75 Å². The van der Waals surface area contributed by atoms with E-state index in [1.165, 1.54) is 83.5 Å². The van der Waals surface area contributed by atoms with Gasteiger partial charge in [-0.2, -0.15) is 0 Å². The molecule has 260 valence electrons. The normalized spacial score (nSPS) is 11.9. The van der Waals surface area contributed by atoms with E-state index < -0.39 is 0 Å². The van der Waals surface area contributed by atoms with Crippen molar-refractivity contribution >= 4 is 0 Å². The Kier molecular flexibility index (Phi) is 35.2. The number of benzene rings is 1. The van der Waals surface area contributed by atoms with Crippen LogP contribution >= 0.6 is 0 Å². The van der Waals surface area contributed by atoms with Crippen LogP contribution in [-0.2, 0) is 4.74 Å². The summed E-state index contributed by atoms with van der Waals surface area (Å²) in [6.07, 6.45) is 16.6. The lowest BCUT2D eigenvalue weighted by Crippen LogP contribution is -2.30. The highest BCUT2D eigenvalue weighted by atomic mass is 16.5. The fourth-order valence-electron chi connectivity index (χ4n) is 4.97. The Labute approximate surface area is 274 Å². The SMILES string of the molecule is C.CCC(C)COc1ccccc1.CCC(CC)(CC)CC.CCC(CC)(CC)COCC(CC)(CC)CC.CCCC. The Morgan fingerprint density at radius 3 is 1.07 bits per heavy atom. The van der Waals surface area contributed by atoms with Gasteiger partial charge in [0, 0.05) is 0 Å². The molecule has 0 aromatic heterocycles. The van der Waals surface area contributed by atoms with E-state index in [0.29, 0.717) is 22.2 Å². The van der Waals surface area contributed by atoms with Crippen LogP contribution < -0.4 is 4.74 Å². The van der Waals surface area contributed by atoms with Gasteiger partial charge < -0.3 is 9.47 Å². The maximum absolute atomic E-state index is 6.11. The second kappa shape index (κ2) is 31.0. The summed E-state index contributed by atoms with van der Waals surface area (Å²) >= 11 is 0. The Balaban J connectivity index is -0.000000256. The van der Waals surface area contributed by atoms with Crippen LogP contribution in [0.3, 0.4) is 0 Å². The van der Waals surface area contributed by atoms with E-state index in [-0.39, 0.29) is 7.43 Å². The monoisotopic (exact) mass is 609 g/mol. The standard InChI is InChI=1S/C16H34O.C11H16O.C9H20.C4H10.CH4/c1-7-15(8-2,9-3)13-17-14-16(10-4,11-5)12-6;1-3-10(2)9-12-11-7-5-4-6-8-11;1-5-9(6-2,7-3)8-4;1-3-4-2;/h7-14H2,1-6H3;4-8,10H,3,9H2,1-2H3;5-8H2,1-4H3;3-4H2,1-2H3;1H4. The summed E-state index contributed by atoms with van der Waals surface area (Å²) in [7, 11) is 0. The number of hydrogen-bond acceptors (Lipinski definition) is 2. The van der Waals surface area contributed by atoms with Crippen molar-refractivity contribution in [2.24, 2.45) is 22.2 Å². The lowest BCUT2D eigenvalue weighted by molar-refractivity contribution is -0.0181. The van der Waals surface area contributed by atoms with Crippen molar-refractivity contribution in [1.82, 2.24) is 0 Å². The Morgan fingerprint density at radius 1 is 0.512 bits per heavy atom. The summed E-state index contributed by atoms with van der Waals surface area (Å²) < 4.78 is 11.7. The molecule has 0 heterocycles. The van der Waals surface area contributed by atoms with Crippen molar-refractivity contribution < 1.29 is 9.47 Å². The molecule has 2 nitrogen and oxygen atoms in total. The zero-order valence-corrected chi connectivity index (χ0v) is 31.6. The van der Waals surface area contributed by atoms with Gasteiger partial charge in [-0.05, 0) is 72.8 Å². The predicted molar refractivity (Wildman–Crippen MR) is 200 cm³/mol. The summed E-state index contributed by atoms with van der Waals surface area (Å²) in [5.41, 5.74) is 1.50. The molecule has 0 saturated carbocycles. The zero-order valence-electron chi connectivity index (χ0n) is 31.6. The van der Waals surface area contributed by atoms with E-state index in [1.807, 2.05) is 30.3 Å². The van der Waals surface area contributed by atoms with E-state index in [4.69, 9.17) is 9.47 Å². The first-order valence-corrected chi connectivity index (χ1v) is 18.3. The molecule has 0 saturated heterocycles. The second-order valence-corrected chi connectivity index (χ2v) is 12.7. The van der Waals surface area contributed by atoms with Gasteiger partial charge in [-0.15, -0.1) is 0 Å².